The summed E-state index contributed by atoms with van der Waals surface area (Å²) in [6.07, 6.45) is 4.28. The number of Topliss-reactive ketones (excluding diaryl/α,β-unsaturated/α-hetero) is 3. The van der Waals surface area contributed by atoms with Gasteiger partial charge < -0.3 is 4.74 Å². The number of ether oxygens (including phenoxy) is 1. The van der Waals surface area contributed by atoms with Gasteiger partial charge in [0.25, 0.3) is 0 Å². The van der Waals surface area contributed by atoms with E-state index in [2.05, 4.69) is 0 Å². The molecule has 4 nitrogen and oxygen atoms in total. The maximum absolute atomic E-state index is 12.2. The third-order valence-corrected chi connectivity index (χ3v) is 4.25. The van der Waals surface area contributed by atoms with Crippen LogP contribution < -0.4 is 0 Å². The van der Waals surface area contributed by atoms with Crippen LogP contribution >= 0.6 is 0 Å². The third kappa shape index (κ3) is 2.13. The lowest BCUT2D eigenvalue weighted by atomic mass is 9.74. The summed E-state index contributed by atoms with van der Waals surface area (Å²) < 4.78 is 5.85. The van der Waals surface area contributed by atoms with Crippen molar-refractivity contribution in [2.24, 2.45) is 5.92 Å². The number of carbonyl (C=O) groups excluding carboxylic acids is 3. The fourth-order valence-corrected chi connectivity index (χ4v) is 3.44. The van der Waals surface area contributed by atoms with Gasteiger partial charge in [-0.05, 0) is 19.8 Å². The second kappa shape index (κ2) is 5.00. The molecule has 4 heteroatoms. The minimum atomic E-state index is -0.355. The SMILES string of the molecule is CC(=O)CC1C2=C(CCCC2=O)OC2=C1C(=O)CCC2. The minimum Gasteiger partial charge on any atom is -0.465 e. The molecule has 0 amide bonds. The Morgan fingerprint density at radius 1 is 1.00 bits per heavy atom. The van der Waals surface area contributed by atoms with Crippen molar-refractivity contribution >= 4 is 17.3 Å². The molecular weight excluding hydrogens is 256 g/mol. The van der Waals surface area contributed by atoms with Gasteiger partial charge in [-0.2, -0.15) is 0 Å². The largest absolute Gasteiger partial charge is 0.465 e. The Morgan fingerprint density at radius 2 is 1.50 bits per heavy atom. The molecular formula is C16H18O4. The van der Waals surface area contributed by atoms with E-state index < -0.39 is 0 Å². The van der Waals surface area contributed by atoms with Gasteiger partial charge in [0, 0.05) is 49.2 Å². The van der Waals surface area contributed by atoms with Crippen LogP contribution in [-0.2, 0) is 19.1 Å². The van der Waals surface area contributed by atoms with Gasteiger partial charge in [0.05, 0.1) is 0 Å². The predicted octanol–water partition coefficient (Wildman–Crippen LogP) is 2.63. The molecule has 0 unspecified atom stereocenters. The predicted molar refractivity (Wildman–Crippen MR) is 71.6 cm³/mol. The fourth-order valence-electron chi connectivity index (χ4n) is 3.44. The molecule has 0 saturated carbocycles. The lowest BCUT2D eigenvalue weighted by Crippen LogP contribution is -2.32. The maximum Gasteiger partial charge on any atom is 0.162 e. The first kappa shape index (κ1) is 13.3. The second-order valence-corrected chi connectivity index (χ2v) is 5.79. The van der Waals surface area contributed by atoms with Gasteiger partial charge in [0.15, 0.2) is 11.6 Å². The molecule has 3 rings (SSSR count). The first-order chi connectivity index (χ1) is 9.58. The number of hydrogen-bond acceptors (Lipinski definition) is 4. The Hall–Kier alpha value is -1.71. The molecule has 3 aliphatic rings. The van der Waals surface area contributed by atoms with Gasteiger partial charge in [-0.1, -0.05) is 0 Å². The Kier molecular flexibility index (Phi) is 3.32. The summed E-state index contributed by atoms with van der Waals surface area (Å²) >= 11 is 0. The molecule has 0 fully saturated rings. The highest BCUT2D eigenvalue weighted by Gasteiger charge is 2.41. The first-order valence-corrected chi connectivity index (χ1v) is 7.27. The van der Waals surface area contributed by atoms with E-state index in [-0.39, 0.29) is 29.7 Å². The summed E-state index contributed by atoms with van der Waals surface area (Å²) in [5.74, 6) is 1.16. The zero-order valence-corrected chi connectivity index (χ0v) is 11.7. The van der Waals surface area contributed by atoms with Crippen LogP contribution in [-0.4, -0.2) is 17.3 Å². The minimum absolute atomic E-state index is 0.00680. The Morgan fingerprint density at radius 3 is 1.95 bits per heavy atom. The summed E-state index contributed by atoms with van der Waals surface area (Å²) in [4.78, 5) is 36.0. The molecule has 0 radical (unpaired) electrons. The van der Waals surface area contributed by atoms with Crippen LogP contribution in [0.5, 0.6) is 0 Å². The van der Waals surface area contributed by atoms with Crippen LogP contribution in [0.2, 0.25) is 0 Å². The zero-order valence-electron chi connectivity index (χ0n) is 11.7. The van der Waals surface area contributed by atoms with Gasteiger partial charge in [0.1, 0.15) is 17.3 Å². The molecule has 0 aromatic rings. The molecule has 20 heavy (non-hydrogen) atoms. The van der Waals surface area contributed by atoms with Crippen molar-refractivity contribution in [3.8, 4) is 0 Å². The molecule has 0 saturated heterocycles. The highest BCUT2D eigenvalue weighted by atomic mass is 16.5. The van der Waals surface area contributed by atoms with Gasteiger partial charge in [0.2, 0.25) is 0 Å². The number of hydrogen-bond donors (Lipinski definition) is 0. The van der Waals surface area contributed by atoms with Crippen LogP contribution in [0.25, 0.3) is 0 Å². The van der Waals surface area contributed by atoms with Crippen molar-refractivity contribution in [1.82, 2.24) is 0 Å². The normalized spacial score (nSPS) is 23.4. The molecule has 0 bridgehead atoms. The van der Waals surface area contributed by atoms with Crippen LogP contribution in [0.4, 0.5) is 0 Å². The van der Waals surface area contributed by atoms with E-state index in [1.807, 2.05) is 0 Å². The van der Waals surface area contributed by atoms with Crippen LogP contribution in [0.3, 0.4) is 0 Å². The quantitative estimate of drug-likeness (QED) is 0.776. The number of carbonyl (C=O) groups is 3. The highest BCUT2D eigenvalue weighted by Crippen LogP contribution is 2.44. The molecule has 1 heterocycles. The summed E-state index contributed by atoms with van der Waals surface area (Å²) in [6.45, 7) is 1.51. The molecule has 0 atom stereocenters. The monoisotopic (exact) mass is 274 g/mol. The molecule has 2 aliphatic carbocycles. The van der Waals surface area contributed by atoms with E-state index in [1.165, 1.54) is 6.92 Å². The van der Waals surface area contributed by atoms with E-state index in [9.17, 15) is 14.4 Å². The summed E-state index contributed by atoms with van der Waals surface area (Å²) in [6, 6.07) is 0. The number of allylic oxidation sites excluding steroid dienone is 4. The van der Waals surface area contributed by atoms with Crippen LogP contribution in [0.15, 0.2) is 22.7 Å². The maximum atomic E-state index is 12.2. The zero-order chi connectivity index (χ0) is 14.3. The van der Waals surface area contributed by atoms with E-state index in [0.29, 0.717) is 35.5 Å². The van der Waals surface area contributed by atoms with Crippen LogP contribution in [0, 0.1) is 5.92 Å². The topological polar surface area (TPSA) is 60.4 Å². The van der Waals surface area contributed by atoms with Gasteiger partial charge >= 0.3 is 0 Å². The molecule has 0 N–H and O–H groups in total. The van der Waals surface area contributed by atoms with E-state index in [1.54, 1.807) is 0 Å². The van der Waals surface area contributed by atoms with Crippen molar-refractivity contribution in [3.63, 3.8) is 0 Å². The fraction of sp³-hybridized carbons (Fsp3) is 0.562. The molecule has 0 spiro atoms. The van der Waals surface area contributed by atoms with Crippen molar-refractivity contribution in [1.29, 1.82) is 0 Å². The molecule has 0 aromatic heterocycles. The lowest BCUT2D eigenvalue weighted by Gasteiger charge is -2.35. The van der Waals surface area contributed by atoms with Crippen molar-refractivity contribution in [2.45, 2.75) is 51.9 Å². The molecule has 1 aliphatic heterocycles. The Bertz CT molecular complexity index is 523. The summed E-state index contributed by atoms with van der Waals surface area (Å²) in [5, 5.41) is 0. The summed E-state index contributed by atoms with van der Waals surface area (Å²) in [7, 11) is 0. The lowest BCUT2D eigenvalue weighted by molar-refractivity contribution is -0.119. The Balaban J connectivity index is 2.07. The van der Waals surface area contributed by atoms with Crippen molar-refractivity contribution < 1.29 is 19.1 Å². The van der Waals surface area contributed by atoms with Crippen LogP contribution in [0.1, 0.15) is 51.9 Å². The third-order valence-electron chi connectivity index (χ3n) is 4.25. The summed E-state index contributed by atoms with van der Waals surface area (Å²) in [5.41, 5.74) is 1.20. The van der Waals surface area contributed by atoms with Crippen molar-refractivity contribution in [3.05, 3.63) is 22.7 Å². The van der Waals surface area contributed by atoms with Gasteiger partial charge in [-0.15, -0.1) is 0 Å². The number of rotatable bonds is 2. The Labute approximate surface area is 117 Å². The highest BCUT2D eigenvalue weighted by molar-refractivity contribution is 6.04. The van der Waals surface area contributed by atoms with E-state index >= 15 is 0 Å². The molecule has 106 valence electrons. The second-order valence-electron chi connectivity index (χ2n) is 5.79. The molecule has 0 aromatic carbocycles. The van der Waals surface area contributed by atoms with E-state index in [0.717, 1.165) is 25.7 Å². The van der Waals surface area contributed by atoms with Gasteiger partial charge in [-0.3, -0.25) is 14.4 Å². The average Bonchev–Trinajstić information content (AvgIpc) is 2.37. The van der Waals surface area contributed by atoms with Crippen molar-refractivity contribution in [2.75, 3.05) is 0 Å². The number of ketones is 3. The van der Waals surface area contributed by atoms with Gasteiger partial charge in [-0.25, -0.2) is 0 Å². The standard InChI is InChI=1S/C16H18O4/c1-9(17)8-10-15-11(18)4-2-6-13(15)20-14-7-3-5-12(19)16(10)14/h10H,2-8H2,1H3. The first-order valence-electron chi connectivity index (χ1n) is 7.27. The average molecular weight is 274 g/mol. The smallest absolute Gasteiger partial charge is 0.162 e. The van der Waals surface area contributed by atoms with E-state index in [4.69, 9.17) is 4.74 Å².